The van der Waals surface area contributed by atoms with Crippen LogP contribution in [0.15, 0.2) is 48.5 Å². The van der Waals surface area contributed by atoms with Gasteiger partial charge in [0, 0.05) is 18.8 Å². The zero-order valence-electron chi connectivity index (χ0n) is 15.8. The zero-order chi connectivity index (χ0) is 20.0. The predicted molar refractivity (Wildman–Crippen MR) is 110 cm³/mol. The fourth-order valence-corrected chi connectivity index (χ4v) is 5.62. The van der Waals surface area contributed by atoms with Crippen LogP contribution < -0.4 is 9.80 Å². The van der Waals surface area contributed by atoms with Crippen LogP contribution in [0.4, 0.5) is 10.1 Å². The van der Waals surface area contributed by atoms with Gasteiger partial charge in [0.1, 0.15) is 5.82 Å². The number of halogens is 1. The first kappa shape index (κ1) is 18.4. The Morgan fingerprint density at radius 3 is 2.62 bits per heavy atom. The second kappa shape index (κ2) is 7.31. The molecule has 7 heteroatoms. The predicted octanol–water partition coefficient (Wildman–Crippen LogP) is 2.53. The molecule has 2 fully saturated rings. The van der Waals surface area contributed by atoms with E-state index >= 15 is 0 Å². The Morgan fingerprint density at radius 1 is 1.07 bits per heavy atom. The lowest BCUT2D eigenvalue weighted by Crippen LogP contribution is -3.17. The van der Waals surface area contributed by atoms with Gasteiger partial charge < -0.3 is 4.90 Å². The van der Waals surface area contributed by atoms with Gasteiger partial charge in [-0.2, -0.15) is 0 Å². The Bertz CT molecular complexity index is 1060. The molecule has 2 aliphatic rings. The number of piperidine rings is 1. The van der Waals surface area contributed by atoms with Crippen LogP contribution in [0, 0.1) is 5.82 Å². The maximum atomic E-state index is 13.5. The highest BCUT2D eigenvalue weighted by atomic mass is 32.1. The Hall–Kier alpha value is -2.64. The summed E-state index contributed by atoms with van der Waals surface area (Å²) in [5, 5.41) is 1.17. The van der Waals surface area contributed by atoms with Crippen LogP contribution >= 0.6 is 11.3 Å². The monoisotopic (exact) mass is 410 g/mol. The summed E-state index contributed by atoms with van der Waals surface area (Å²) in [6.45, 7) is 1.67. The van der Waals surface area contributed by atoms with E-state index in [4.69, 9.17) is 4.98 Å². The van der Waals surface area contributed by atoms with E-state index in [9.17, 15) is 14.0 Å². The first-order chi connectivity index (χ1) is 14.1. The number of hydrogen-bond acceptors (Lipinski definition) is 4. The van der Waals surface area contributed by atoms with Crippen LogP contribution in [0.25, 0.3) is 10.2 Å². The molecular weight excluding hydrogens is 389 g/mol. The Morgan fingerprint density at radius 2 is 1.86 bits per heavy atom. The number of para-hydroxylation sites is 1. The lowest BCUT2D eigenvalue weighted by Gasteiger charge is -2.31. The van der Waals surface area contributed by atoms with Crippen molar-refractivity contribution in [2.45, 2.75) is 31.2 Å². The Labute approximate surface area is 171 Å². The topological polar surface area (TPSA) is 54.7 Å². The van der Waals surface area contributed by atoms with Gasteiger partial charge in [-0.3, -0.25) is 9.59 Å². The highest BCUT2D eigenvalue weighted by molar-refractivity contribution is 7.18. The van der Waals surface area contributed by atoms with Crippen LogP contribution in [-0.4, -0.2) is 35.9 Å². The molecule has 1 N–H and O–H groups in total. The van der Waals surface area contributed by atoms with Crippen molar-refractivity contribution in [3.8, 4) is 0 Å². The first-order valence-corrected chi connectivity index (χ1v) is 10.7. The van der Waals surface area contributed by atoms with Crippen LogP contribution in [-0.2, 0) is 9.59 Å². The fourth-order valence-electron chi connectivity index (χ4n) is 4.49. The van der Waals surface area contributed by atoms with Crippen molar-refractivity contribution in [1.82, 2.24) is 4.98 Å². The molecule has 0 radical (unpaired) electrons. The minimum absolute atomic E-state index is 0.191. The van der Waals surface area contributed by atoms with Gasteiger partial charge in [-0.05, 0) is 30.3 Å². The number of nitrogens with one attached hydrogen (secondary N) is 1. The van der Waals surface area contributed by atoms with Gasteiger partial charge in [0.05, 0.1) is 40.4 Å². The number of carbonyl (C=O) groups is 2. The number of aromatic nitrogens is 1. The van der Waals surface area contributed by atoms with E-state index in [1.165, 1.54) is 27.9 Å². The highest BCUT2D eigenvalue weighted by Gasteiger charge is 2.46. The van der Waals surface area contributed by atoms with E-state index in [2.05, 4.69) is 6.07 Å². The van der Waals surface area contributed by atoms with E-state index in [0.717, 1.165) is 41.2 Å². The van der Waals surface area contributed by atoms with Crippen molar-refractivity contribution in [2.75, 3.05) is 18.0 Å². The van der Waals surface area contributed by atoms with Crippen molar-refractivity contribution < 1.29 is 18.9 Å². The molecule has 0 aliphatic carbocycles. The second-order valence-electron chi connectivity index (χ2n) is 7.76. The molecule has 3 aromatic rings. The molecule has 5 nitrogen and oxygen atoms in total. The summed E-state index contributed by atoms with van der Waals surface area (Å²) in [6.07, 6.45) is 2.09. The minimum atomic E-state index is -0.449. The molecule has 3 heterocycles. The minimum Gasteiger partial charge on any atom is -0.324 e. The number of benzene rings is 2. The number of amides is 2. The molecule has 29 heavy (non-hydrogen) atoms. The molecule has 148 valence electrons. The lowest BCUT2D eigenvalue weighted by molar-refractivity contribution is -0.920. The third-order valence-corrected chi connectivity index (χ3v) is 7.19. The molecule has 2 aromatic carbocycles. The standard InChI is InChI=1S/C22H20FN3O2S/c23-15-4-3-5-16(12-15)26-20(27)13-18(22(26)28)25-10-8-14(9-11-25)21-24-17-6-1-2-7-19(17)29-21/h1-7,12,14,18H,8-11,13H2/p+1/t18-/m0/s1. The second-order valence-corrected chi connectivity index (χ2v) is 8.82. The van der Waals surface area contributed by atoms with Crippen molar-refractivity contribution in [3.05, 3.63) is 59.4 Å². The average molecular weight is 410 g/mol. The van der Waals surface area contributed by atoms with Gasteiger partial charge in [0.15, 0.2) is 6.04 Å². The number of quaternary nitrogens is 1. The van der Waals surface area contributed by atoms with E-state index in [-0.39, 0.29) is 24.3 Å². The molecule has 0 bridgehead atoms. The number of anilines is 1. The van der Waals surface area contributed by atoms with E-state index in [1.807, 2.05) is 18.2 Å². The molecule has 0 unspecified atom stereocenters. The number of carbonyl (C=O) groups excluding carboxylic acids is 2. The number of hydrogen-bond donors (Lipinski definition) is 1. The molecule has 1 atom stereocenters. The van der Waals surface area contributed by atoms with Crippen molar-refractivity contribution in [3.63, 3.8) is 0 Å². The molecule has 2 amide bonds. The maximum Gasteiger partial charge on any atom is 0.292 e. The van der Waals surface area contributed by atoms with E-state index in [1.54, 1.807) is 17.4 Å². The molecule has 5 rings (SSSR count). The summed E-state index contributed by atoms with van der Waals surface area (Å²) in [7, 11) is 0. The summed E-state index contributed by atoms with van der Waals surface area (Å²) in [6, 6.07) is 13.5. The van der Waals surface area contributed by atoms with Gasteiger partial charge in [0.25, 0.3) is 5.91 Å². The summed E-state index contributed by atoms with van der Waals surface area (Å²) < 4.78 is 14.8. The third kappa shape index (κ3) is 3.34. The molecule has 0 spiro atoms. The van der Waals surface area contributed by atoms with Gasteiger partial charge in [-0.25, -0.2) is 14.3 Å². The smallest absolute Gasteiger partial charge is 0.292 e. The van der Waals surface area contributed by atoms with Crippen molar-refractivity contribution in [2.24, 2.45) is 0 Å². The van der Waals surface area contributed by atoms with Crippen LogP contribution in [0.2, 0.25) is 0 Å². The quantitative estimate of drug-likeness (QED) is 0.675. The third-order valence-electron chi connectivity index (χ3n) is 5.99. The van der Waals surface area contributed by atoms with Crippen molar-refractivity contribution in [1.29, 1.82) is 0 Å². The zero-order valence-corrected chi connectivity index (χ0v) is 16.6. The summed E-state index contributed by atoms with van der Waals surface area (Å²) in [5.41, 5.74) is 1.37. The molecule has 2 aliphatic heterocycles. The molecule has 2 saturated heterocycles. The number of nitrogens with zero attached hydrogens (tertiary/aromatic N) is 2. The average Bonchev–Trinajstić information content (AvgIpc) is 3.29. The Kier molecular flexibility index (Phi) is 4.64. The number of imide groups is 1. The highest BCUT2D eigenvalue weighted by Crippen LogP contribution is 2.32. The van der Waals surface area contributed by atoms with Gasteiger partial charge in [-0.15, -0.1) is 11.3 Å². The fraction of sp³-hybridized carbons (Fsp3) is 0.318. The van der Waals surface area contributed by atoms with Crippen LogP contribution in [0.5, 0.6) is 0 Å². The molecule has 0 saturated carbocycles. The molecule has 1 aromatic heterocycles. The van der Waals surface area contributed by atoms with Gasteiger partial charge >= 0.3 is 0 Å². The van der Waals surface area contributed by atoms with Crippen LogP contribution in [0.1, 0.15) is 30.2 Å². The first-order valence-electron chi connectivity index (χ1n) is 9.92. The summed E-state index contributed by atoms with van der Waals surface area (Å²) in [5.74, 6) is -0.501. The number of likely N-dealkylation sites (tertiary alicyclic amines) is 1. The summed E-state index contributed by atoms with van der Waals surface area (Å²) >= 11 is 1.75. The van der Waals surface area contributed by atoms with Crippen molar-refractivity contribution >= 4 is 39.1 Å². The van der Waals surface area contributed by atoms with Gasteiger partial charge in [0.2, 0.25) is 5.91 Å². The lowest BCUT2D eigenvalue weighted by atomic mass is 9.96. The summed E-state index contributed by atoms with van der Waals surface area (Å²) in [4.78, 5) is 32.5. The SMILES string of the molecule is O=C1C[C@H]([NH+]2CCC(c3nc4ccccc4s3)CC2)C(=O)N1c1cccc(F)c1. The van der Waals surface area contributed by atoms with Crippen LogP contribution in [0.3, 0.4) is 0 Å². The number of fused-ring (bicyclic) bond motifs is 1. The van der Waals surface area contributed by atoms with E-state index < -0.39 is 5.82 Å². The largest absolute Gasteiger partial charge is 0.324 e. The maximum absolute atomic E-state index is 13.5. The molecular formula is C22H21FN3O2S+. The number of rotatable bonds is 3. The normalized spacial score (nSPS) is 25.1. The van der Waals surface area contributed by atoms with E-state index in [0.29, 0.717) is 11.6 Å². The Balaban J connectivity index is 1.28. The number of thiazole rings is 1. The van der Waals surface area contributed by atoms with Gasteiger partial charge in [-0.1, -0.05) is 18.2 Å².